The molecule has 2 atom stereocenters. The van der Waals surface area contributed by atoms with Crippen LogP contribution in [0.3, 0.4) is 0 Å². The van der Waals surface area contributed by atoms with Gasteiger partial charge in [0.1, 0.15) is 11.5 Å². The first kappa shape index (κ1) is 19.0. The summed E-state index contributed by atoms with van der Waals surface area (Å²) in [6, 6.07) is 4.01. The van der Waals surface area contributed by atoms with Gasteiger partial charge in [0.25, 0.3) is 0 Å². The van der Waals surface area contributed by atoms with Crippen molar-refractivity contribution in [3.05, 3.63) is 23.3 Å². The lowest BCUT2D eigenvalue weighted by Crippen LogP contribution is -2.53. The standard InChI is InChI=1S/C19H31NO4/c1-5-9-19(13-21)12-20(10-8-17(19)22)11-15-6-7-16(23-3)14(2)18(15)24-4/h6-7,17,21-22H,5,8-13H2,1-4H3/t17-,19+/m1/s1. The molecule has 0 radical (unpaired) electrons. The van der Waals surface area contributed by atoms with Gasteiger partial charge in [0.05, 0.1) is 26.9 Å². The number of aliphatic hydroxyl groups is 2. The first-order valence-electron chi connectivity index (χ1n) is 8.73. The van der Waals surface area contributed by atoms with Gasteiger partial charge in [-0.25, -0.2) is 0 Å². The van der Waals surface area contributed by atoms with E-state index in [1.807, 2.05) is 19.1 Å². The molecule has 1 saturated heterocycles. The van der Waals surface area contributed by atoms with E-state index in [4.69, 9.17) is 9.47 Å². The Bertz CT molecular complexity index is 548. The summed E-state index contributed by atoms with van der Waals surface area (Å²) in [4.78, 5) is 2.31. The third-order valence-corrected chi connectivity index (χ3v) is 5.28. The molecule has 2 rings (SSSR count). The maximum Gasteiger partial charge on any atom is 0.129 e. The summed E-state index contributed by atoms with van der Waals surface area (Å²) in [6.07, 6.45) is 2.05. The molecule has 1 aliphatic heterocycles. The molecule has 136 valence electrons. The summed E-state index contributed by atoms with van der Waals surface area (Å²) in [5.41, 5.74) is 1.69. The molecule has 0 aromatic heterocycles. The molecule has 1 aromatic rings. The van der Waals surface area contributed by atoms with E-state index in [1.54, 1.807) is 14.2 Å². The van der Waals surface area contributed by atoms with Gasteiger partial charge in [-0.05, 0) is 25.8 Å². The van der Waals surface area contributed by atoms with Gasteiger partial charge in [-0.15, -0.1) is 0 Å². The zero-order valence-corrected chi connectivity index (χ0v) is 15.3. The van der Waals surface area contributed by atoms with Crippen molar-refractivity contribution >= 4 is 0 Å². The number of benzene rings is 1. The molecule has 5 heteroatoms. The van der Waals surface area contributed by atoms with E-state index in [2.05, 4.69) is 11.8 Å². The Labute approximate surface area is 145 Å². The zero-order chi connectivity index (χ0) is 17.7. The number of ether oxygens (including phenoxy) is 2. The van der Waals surface area contributed by atoms with Gasteiger partial charge in [-0.3, -0.25) is 4.90 Å². The summed E-state index contributed by atoms with van der Waals surface area (Å²) in [7, 11) is 3.34. The van der Waals surface area contributed by atoms with Crippen LogP contribution in [0.25, 0.3) is 0 Å². The quantitative estimate of drug-likeness (QED) is 0.800. The Balaban J connectivity index is 2.21. The lowest BCUT2D eigenvalue weighted by Gasteiger charge is -2.45. The largest absolute Gasteiger partial charge is 0.496 e. The normalized spacial score (nSPS) is 24.8. The van der Waals surface area contributed by atoms with Gasteiger partial charge in [0.15, 0.2) is 0 Å². The molecular weight excluding hydrogens is 306 g/mol. The third kappa shape index (κ3) is 3.68. The van der Waals surface area contributed by atoms with Crippen molar-refractivity contribution in [3.63, 3.8) is 0 Å². The number of hydrogen-bond acceptors (Lipinski definition) is 5. The highest BCUT2D eigenvalue weighted by atomic mass is 16.5. The summed E-state index contributed by atoms with van der Waals surface area (Å²) >= 11 is 0. The Kier molecular flexibility index (Phi) is 6.49. The highest BCUT2D eigenvalue weighted by molar-refractivity contribution is 5.49. The van der Waals surface area contributed by atoms with Gasteiger partial charge >= 0.3 is 0 Å². The minimum Gasteiger partial charge on any atom is -0.496 e. The third-order valence-electron chi connectivity index (χ3n) is 5.28. The van der Waals surface area contributed by atoms with Crippen molar-refractivity contribution in [2.24, 2.45) is 5.41 Å². The second kappa shape index (κ2) is 8.19. The fraction of sp³-hybridized carbons (Fsp3) is 0.684. The maximum atomic E-state index is 10.4. The SMILES string of the molecule is CCC[C@@]1(CO)CN(Cc2ccc(OC)c(C)c2OC)CC[C@H]1O. The number of methoxy groups -OCH3 is 2. The minimum atomic E-state index is -0.432. The first-order chi connectivity index (χ1) is 11.5. The van der Waals surface area contributed by atoms with Crippen LogP contribution in [0.5, 0.6) is 11.5 Å². The lowest BCUT2D eigenvalue weighted by atomic mass is 9.74. The molecule has 24 heavy (non-hydrogen) atoms. The lowest BCUT2D eigenvalue weighted by molar-refractivity contribution is -0.0820. The van der Waals surface area contributed by atoms with Gasteiger partial charge < -0.3 is 19.7 Å². The average Bonchev–Trinajstić information content (AvgIpc) is 2.58. The van der Waals surface area contributed by atoms with Crippen LogP contribution in [0.1, 0.15) is 37.3 Å². The summed E-state index contributed by atoms with van der Waals surface area (Å²) < 4.78 is 11.0. The maximum absolute atomic E-state index is 10.4. The van der Waals surface area contributed by atoms with Crippen molar-refractivity contribution in [2.75, 3.05) is 33.9 Å². The van der Waals surface area contributed by atoms with E-state index in [9.17, 15) is 10.2 Å². The van der Waals surface area contributed by atoms with Crippen LogP contribution in [0.15, 0.2) is 12.1 Å². The summed E-state index contributed by atoms with van der Waals surface area (Å²) in [5.74, 6) is 1.67. The average molecular weight is 337 g/mol. The van der Waals surface area contributed by atoms with Crippen molar-refractivity contribution < 1.29 is 19.7 Å². The van der Waals surface area contributed by atoms with Crippen LogP contribution in [0.2, 0.25) is 0 Å². The Morgan fingerprint density at radius 2 is 2.04 bits per heavy atom. The number of hydrogen-bond donors (Lipinski definition) is 2. The molecule has 0 amide bonds. The van der Waals surface area contributed by atoms with Crippen LogP contribution in [0.4, 0.5) is 0 Å². The van der Waals surface area contributed by atoms with E-state index < -0.39 is 11.5 Å². The number of piperidine rings is 1. The van der Waals surface area contributed by atoms with E-state index >= 15 is 0 Å². The molecule has 0 bridgehead atoms. The molecule has 1 aromatic carbocycles. The smallest absolute Gasteiger partial charge is 0.129 e. The number of likely N-dealkylation sites (tertiary alicyclic amines) is 1. The molecule has 1 heterocycles. The topological polar surface area (TPSA) is 62.2 Å². The van der Waals surface area contributed by atoms with Gasteiger partial charge in [0.2, 0.25) is 0 Å². The number of aliphatic hydroxyl groups excluding tert-OH is 2. The second-order valence-electron chi connectivity index (χ2n) is 6.87. The van der Waals surface area contributed by atoms with Crippen LogP contribution >= 0.6 is 0 Å². The van der Waals surface area contributed by atoms with Crippen molar-refractivity contribution in [1.29, 1.82) is 0 Å². The molecule has 0 unspecified atom stereocenters. The van der Waals surface area contributed by atoms with E-state index in [1.165, 1.54) is 0 Å². The van der Waals surface area contributed by atoms with Crippen LogP contribution in [-0.2, 0) is 6.54 Å². The Morgan fingerprint density at radius 3 is 2.62 bits per heavy atom. The predicted molar refractivity (Wildman–Crippen MR) is 94.6 cm³/mol. The van der Waals surface area contributed by atoms with Crippen molar-refractivity contribution in [3.8, 4) is 11.5 Å². The Morgan fingerprint density at radius 1 is 1.29 bits per heavy atom. The van der Waals surface area contributed by atoms with E-state index in [-0.39, 0.29) is 6.61 Å². The first-order valence-corrected chi connectivity index (χ1v) is 8.73. The van der Waals surface area contributed by atoms with Crippen LogP contribution in [0, 0.1) is 12.3 Å². The number of rotatable bonds is 7. The summed E-state index contributed by atoms with van der Waals surface area (Å²) in [5, 5.41) is 20.3. The summed E-state index contributed by atoms with van der Waals surface area (Å²) in [6.45, 7) is 6.38. The highest BCUT2D eigenvalue weighted by Gasteiger charge is 2.41. The van der Waals surface area contributed by atoms with Gasteiger partial charge in [-0.1, -0.05) is 19.4 Å². The zero-order valence-electron chi connectivity index (χ0n) is 15.3. The molecular formula is C19H31NO4. The van der Waals surface area contributed by atoms with Crippen molar-refractivity contribution in [1.82, 2.24) is 4.90 Å². The highest BCUT2D eigenvalue weighted by Crippen LogP contribution is 2.37. The fourth-order valence-electron chi connectivity index (χ4n) is 3.95. The van der Waals surface area contributed by atoms with E-state index in [0.29, 0.717) is 13.0 Å². The van der Waals surface area contributed by atoms with Crippen LogP contribution in [-0.4, -0.2) is 55.1 Å². The molecule has 0 aliphatic carbocycles. The molecule has 1 aliphatic rings. The van der Waals surface area contributed by atoms with Gasteiger partial charge in [0, 0.05) is 36.2 Å². The molecule has 0 spiro atoms. The predicted octanol–water partition coefficient (Wildman–Crippen LogP) is 2.36. The molecule has 2 N–H and O–H groups in total. The number of nitrogens with zero attached hydrogens (tertiary/aromatic N) is 1. The van der Waals surface area contributed by atoms with E-state index in [0.717, 1.165) is 48.6 Å². The molecule has 0 saturated carbocycles. The second-order valence-corrected chi connectivity index (χ2v) is 6.87. The minimum absolute atomic E-state index is 0.0251. The monoisotopic (exact) mass is 337 g/mol. The molecule has 5 nitrogen and oxygen atoms in total. The van der Waals surface area contributed by atoms with Gasteiger partial charge in [-0.2, -0.15) is 0 Å². The molecule has 1 fully saturated rings. The van der Waals surface area contributed by atoms with Crippen LogP contribution < -0.4 is 9.47 Å². The van der Waals surface area contributed by atoms with Crippen molar-refractivity contribution in [2.45, 2.75) is 45.8 Å². The Hall–Kier alpha value is -1.30. The fourth-order valence-corrected chi connectivity index (χ4v) is 3.95.